The van der Waals surface area contributed by atoms with Crippen LogP contribution in [0.5, 0.6) is 0 Å². The molecule has 0 aliphatic carbocycles. The van der Waals surface area contributed by atoms with E-state index in [4.69, 9.17) is 0 Å². The number of hydrogen-bond acceptors (Lipinski definition) is 0. The van der Waals surface area contributed by atoms with Crippen molar-refractivity contribution in [2.75, 3.05) is 0 Å². The molecule has 0 N–H and O–H groups in total. The molecule has 0 heterocycles. The van der Waals surface area contributed by atoms with Crippen LogP contribution in [0.2, 0.25) is 0 Å². The number of allylic oxidation sites excluding steroid dienone is 5. The van der Waals surface area contributed by atoms with E-state index in [-0.39, 0.29) is 0 Å². The smallest absolute Gasteiger partial charge is 0.0133 e. The maximum Gasteiger partial charge on any atom is -0.0133 e. The molecule has 0 aliphatic rings. The molecule has 0 saturated carbocycles. The van der Waals surface area contributed by atoms with E-state index in [0.717, 1.165) is 12.8 Å². The van der Waals surface area contributed by atoms with Crippen LogP contribution in [0.25, 0.3) is 0 Å². The number of rotatable bonds is 4. The van der Waals surface area contributed by atoms with Gasteiger partial charge in [0.25, 0.3) is 0 Å². The van der Waals surface area contributed by atoms with Crippen molar-refractivity contribution in [3.8, 4) is 0 Å². The molecule has 0 nitrogen and oxygen atoms in total. The minimum Gasteiger partial charge on any atom is -0.103 e. The molecule has 62 valence electrons. The van der Waals surface area contributed by atoms with Gasteiger partial charge in [0.05, 0.1) is 0 Å². The van der Waals surface area contributed by atoms with Crippen LogP contribution in [0.15, 0.2) is 36.0 Å². The van der Waals surface area contributed by atoms with Gasteiger partial charge in [-0.1, -0.05) is 29.4 Å². The molecular formula is C11H18. The van der Waals surface area contributed by atoms with Gasteiger partial charge in [-0.25, -0.2) is 0 Å². The van der Waals surface area contributed by atoms with Crippen molar-refractivity contribution in [2.45, 2.75) is 33.6 Å². The third-order valence-corrected chi connectivity index (χ3v) is 1.59. The molecular weight excluding hydrogens is 132 g/mol. The first kappa shape index (κ1) is 10.2. The molecule has 11 heavy (non-hydrogen) atoms. The van der Waals surface area contributed by atoms with Crippen LogP contribution in [0.4, 0.5) is 0 Å². The predicted octanol–water partition coefficient (Wildman–Crippen LogP) is 3.87. The second-order valence-corrected chi connectivity index (χ2v) is 2.93. The van der Waals surface area contributed by atoms with E-state index < -0.39 is 0 Å². The fourth-order valence-electron chi connectivity index (χ4n) is 0.840. The van der Waals surface area contributed by atoms with Crippen molar-refractivity contribution in [1.29, 1.82) is 0 Å². The Bertz CT molecular complexity index is 166. The Balaban J connectivity index is 3.90. The van der Waals surface area contributed by atoms with E-state index in [1.54, 1.807) is 0 Å². The minimum absolute atomic E-state index is 1.01. The van der Waals surface area contributed by atoms with Gasteiger partial charge in [0.1, 0.15) is 0 Å². The van der Waals surface area contributed by atoms with Crippen molar-refractivity contribution in [3.63, 3.8) is 0 Å². The molecule has 0 aliphatic heterocycles. The molecule has 0 spiro atoms. The van der Waals surface area contributed by atoms with E-state index in [0.29, 0.717) is 0 Å². The molecule has 0 aromatic rings. The average molecular weight is 150 g/mol. The lowest BCUT2D eigenvalue weighted by Gasteiger charge is -1.98. The van der Waals surface area contributed by atoms with E-state index in [9.17, 15) is 0 Å². The minimum atomic E-state index is 1.01. The summed E-state index contributed by atoms with van der Waals surface area (Å²) < 4.78 is 0. The quantitative estimate of drug-likeness (QED) is 0.534. The van der Waals surface area contributed by atoms with Gasteiger partial charge >= 0.3 is 0 Å². The highest BCUT2D eigenvalue weighted by atomic mass is 13.9. The molecule has 0 aromatic carbocycles. The molecule has 0 atom stereocenters. The van der Waals surface area contributed by atoms with Crippen molar-refractivity contribution in [3.05, 3.63) is 36.0 Å². The summed E-state index contributed by atoms with van der Waals surface area (Å²) in [6.45, 7) is 10.0. The van der Waals surface area contributed by atoms with E-state index in [2.05, 4.69) is 39.5 Å². The summed E-state index contributed by atoms with van der Waals surface area (Å²) in [4.78, 5) is 0. The summed E-state index contributed by atoms with van der Waals surface area (Å²) in [5, 5.41) is 0. The fraction of sp³-hybridized carbons (Fsp3) is 0.455. The zero-order chi connectivity index (χ0) is 8.69. The van der Waals surface area contributed by atoms with Crippen LogP contribution < -0.4 is 0 Å². The first-order valence-electron chi connectivity index (χ1n) is 4.09. The van der Waals surface area contributed by atoms with Crippen LogP contribution in [0.1, 0.15) is 33.6 Å². The van der Waals surface area contributed by atoms with Gasteiger partial charge in [0, 0.05) is 0 Å². The molecule has 0 bridgehead atoms. The molecule has 0 saturated heterocycles. The zero-order valence-electron chi connectivity index (χ0n) is 7.85. The summed E-state index contributed by atoms with van der Waals surface area (Å²) in [6.07, 6.45) is 8.46. The molecule has 0 radical (unpaired) electrons. The second kappa shape index (κ2) is 5.96. The van der Waals surface area contributed by atoms with Crippen LogP contribution in [-0.2, 0) is 0 Å². The lowest BCUT2D eigenvalue weighted by Crippen LogP contribution is -1.78. The molecule has 0 aromatic heterocycles. The van der Waals surface area contributed by atoms with Crippen molar-refractivity contribution >= 4 is 0 Å². The van der Waals surface area contributed by atoms with Crippen LogP contribution in [0.3, 0.4) is 0 Å². The molecule has 0 unspecified atom stereocenters. The molecule has 0 rings (SSSR count). The highest BCUT2D eigenvalue weighted by molar-refractivity contribution is 5.11. The van der Waals surface area contributed by atoms with Gasteiger partial charge in [0.2, 0.25) is 0 Å². The Hall–Kier alpha value is -0.780. The van der Waals surface area contributed by atoms with Crippen molar-refractivity contribution in [1.82, 2.24) is 0 Å². The van der Waals surface area contributed by atoms with Gasteiger partial charge in [-0.3, -0.25) is 0 Å². The van der Waals surface area contributed by atoms with E-state index in [1.165, 1.54) is 11.1 Å². The lowest BCUT2D eigenvalue weighted by molar-refractivity contribution is 1.08. The maximum absolute atomic E-state index is 3.71. The third-order valence-electron chi connectivity index (χ3n) is 1.59. The van der Waals surface area contributed by atoms with Crippen LogP contribution in [0, 0.1) is 0 Å². The predicted molar refractivity (Wildman–Crippen MR) is 52.6 cm³/mol. The monoisotopic (exact) mass is 150 g/mol. The van der Waals surface area contributed by atoms with Crippen molar-refractivity contribution in [2.24, 2.45) is 0 Å². The lowest BCUT2D eigenvalue weighted by atomic mass is 10.1. The maximum atomic E-state index is 3.71. The summed E-state index contributed by atoms with van der Waals surface area (Å²) in [7, 11) is 0. The molecule has 0 heteroatoms. The Morgan fingerprint density at radius 3 is 2.27 bits per heavy atom. The standard InChI is InChI=1S/C11H18/c1-5-7-11(6-2)9-8-10(3)4/h5-6,8H,1,7,9H2,2-4H3. The topological polar surface area (TPSA) is 0 Å². The van der Waals surface area contributed by atoms with Gasteiger partial charge < -0.3 is 0 Å². The first-order chi connectivity index (χ1) is 5.20. The normalized spacial score (nSPS) is 11.0. The Labute approximate surface area is 70.3 Å². The van der Waals surface area contributed by atoms with Gasteiger partial charge in [-0.2, -0.15) is 0 Å². The van der Waals surface area contributed by atoms with Gasteiger partial charge in [-0.05, 0) is 33.6 Å². The first-order valence-corrected chi connectivity index (χ1v) is 4.09. The van der Waals surface area contributed by atoms with E-state index >= 15 is 0 Å². The van der Waals surface area contributed by atoms with Gasteiger partial charge in [0.15, 0.2) is 0 Å². The summed E-state index contributed by atoms with van der Waals surface area (Å²) >= 11 is 0. The summed E-state index contributed by atoms with van der Waals surface area (Å²) in [5.41, 5.74) is 2.83. The SMILES string of the molecule is C=CCC(=CC)CC=C(C)C. The Kier molecular flexibility index (Phi) is 5.54. The highest BCUT2D eigenvalue weighted by Crippen LogP contribution is 2.09. The Morgan fingerprint density at radius 1 is 1.27 bits per heavy atom. The Morgan fingerprint density at radius 2 is 1.91 bits per heavy atom. The zero-order valence-corrected chi connectivity index (χ0v) is 7.85. The van der Waals surface area contributed by atoms with Crippen LogP contribution >= 0.6 is 0 Å². The van der Waals surface area contributed by atoms with E-state index in [1.807, 2.05) is 6.08 Å². The highest BCUT2D eigenvalue weighted by Gasteiger charge is 1.89. The average Bonchev–Trinajstić information content (AvgIpc) is 1.97. The molecule has 0 amide bonds. The van der Waals surface area contributed by atoms with Crippen LogP contribution in [-0.4, -0.2) is 0 Å². The summed E-state index contributed by atoms with van der Waals surface area (Å²) in [5.74, 6) is 0. The second-order valence-electron chi connectivity index (χ2n) is 2.93. The third kappa shape index (κ3) is 5.65. The fourth-order valence-corrected chi connectivity index (χ4v) is 0.840. The number of hydrogen-bond donors (Lipinski definition) is 0. The molecule has 0 fully saturated rings. The van der Waals surface area contributed by atoms with Crippen molar-refractivity contribution < 1.29 is 0 Å². The largest absolute Gasteiger partial charge is 0.103 e. The summed E-state index contributed by atoms with van der Waals surface area (Å²) in [6, 6.07) is 0. The van der Waals surface area contributed by atoms with Gasteiger partial charge in [-0.15, -0.1) is 6.58 Å².